The number of benzene rings is 2. The van der Waals surface area contributed by atoms with E-state index < -0.39 is 0 Å². The Labute approximate surface area is 142 Å². The van der Waals surface area contributed by atoms with Crippen molar-refractivity contribution >= 4 is 54.5 Å². The summed E-state index contributed by atoms with van der Waals surface area (Å²) in [6, 6.07) is 15.4. The predicted molar refractivity (Wildman–Crippen MR) is 95.3 cm³/mol. The van der Waals surface area contributed by atoms with E-state index in [9.17, 15) is 0 Å². The third-order valence-electron chi connectivity index (χ3n) is 3.26. The van der Waals surface area contributed by atoms with Crippen molar-refractivity contribution in [2.45, 2.75) is 18.8 Å². The summed E-state index contributed by atoms with van der Waals surface area (Å²) in [6.07, 6.45) is 0. The van der Waals surface area contributed by atoms with Crippen molar-refractivity contribution < 1.29 is 4.57 Å². The van der Waals surface area contributed by atoms with Crippen LogP contribution in [0.4, 0.5) is 0 Å². The minimum absolute atomic E-state index is 0. The minimum atomic E-state index is 0. The topological polar surface area (TPSA) is 3.88 Å². The zero-order chi connectivity index (χ0) is 13.2. The molecule has 1 heterocycles. The molecule has 0 aliphatic heterocycles. The Hall–Kier alpha value is -0.710. The highest BCUT2D eigenvalue weighted by atomic mass is 79.9. The first-order valence-corrected chi connectivity index (χ1v) is 8.27. The summed E-state index contributed by atoms with van der Waals surface area (Å²) in [5.74, 6) is 0. The molecule has 0 N–H and O–H groups in total. The normalized spacial score (nSPS) is 10.5. The van der Waals surface area contributed by atoms with Gasteiger partial charge in [-0.2, -0.15) is 4.57 Å². The molecule has 0 radical (unpaired) electrons. The lowest BCUT2D eigenvalue weighted by Gasteiger charge is -1.99. The van der Waals surface area contributed by atoms with Gasteiger partial charge < -0.3 is 0 Å². The van der Waals surface area contributed by atoms with Crippen LogP contribution in [0.1, 0.15) is 16.7 Å². The zero-order valence-electron chi connectivity index (χ0n) is 11.2. The maximum Gasteiger partial charge on any atom is 0.226 e. The molecule has 0 unspecified atom stereocenters. The summed E-state index contributed by atoms with van der Waals surface area (Å²) in [4.78, 5) is 0. The van der Waals surface area contributed by atoms with E-state index >= 15 is 0 Å². The number of alkyl halides is 1. The number of fused-ring (bicyclic) bond motifs is 1. The van der Waals surface area contributed by atoms with E-state index in [-0.39, 0.29) is 17.0 Å². The van der Waals surface area contributed by atoms with Gasteiger partial charge in [0.05, 0.1) is 0 Å². The molecule has 0 saturated carbocycles. The van der Waals surface area contributed by atoms with Gasteiger partial charge in [0.15, 0.2) is 6.54 Å². The highest BCUT2D eigenvalue weighted by molar-refractivity contribution is 9.08. The Bertz CT molecular complexity index is 704. The molecule has 1 nitrogen and oxygen atoms in total. The second-order valence-corrected chi connectivity index (χ2v) is 6.22. The zero-order valence-corrected chi connectivity index (χ0v) is 15.3. The van der Waals surface area contributed by atoms with E-state index in [1.54, 1.807) is 0 Å². The van der Waals surface area contributed by atoms with Gasteiger partial charge >= 0.3 is 0 Å². The fourth-order valence-corrected chi connectivity index (χ4v) is 3.55. The van der Waals surface area contributed by atoms with Crippen molar-refractivity contribution in [1.29, 1.82) is 0 Å². The smallest absolute Gasteiger partial charge is 0.184 e. The average molecular weight is 414 g/mol. The highest BCUT2D eigenvalue weighted by Crippen LogP contribution is 2.18. The molecule has 0 aliphatic carbocycles. The molecule has 1 aromatic heterocycles. The summed E-state index contributed by atoms with van der Waals surface area (Å²) in [6.45, 7) is 3.08. The Balaban J connectivity index is 0.00000147. The largest absolute Gasteiger partial charge is 0.226 e. The number of hydrogen-bond acceptors (Lipinski definition) is 1. The molecule has 3 aromatic rings. The second-order valence-electron chi connectivity index (χ2n) is 4.77. The van der Waals surface area contributed by atoms with Crippen LogP contribution in [0.3, 0.4) is 0 Å². The summed E-state index contributed by atoms with van der Waals surface area (Å²) >= 11 is 5.29. The van der Waals surface area contributed by atoms with Crippen LogP contribution in [0.15, 0.2) is 48.0 Å². The molecular weight excluding hydrogens is 398 g/mol. The number of hydrogen-bond donors (Lipinski definition) is 0. The molecule has 0 saturated heterocycles. The van der Waals surface area contributed by atoms with Gasteiger partial charge in [-0.1, -0.05) is 57.6 Å². The molecule has 0 bridgehead atoms. The lowest BCUT2D eigenvalue weighted by atomic mass is 10.1. The van der Waals surface area contributed by atoms with Crippen molar-refractivity contribution in [2.75, 3.05) is 0 Å². The SMILES string of the molecule is Br.Cc1ccc2c(c1)sc[n+]2Cc1ccc(CBr)cc1. The first-order valence-electron chi connectivity index (χ1n) is 6.27. The number of rotatable bonds is 3. The monoisotopic (exact) mass is 412 g/mol. The van der Waals surface area contributed by atoms with Gasteiger partial charge in [0.1, 0.15) is 4.70 Å². The van der Waals surface area contributed by atoms with Gasteiger partial charge in [-0.15, -0.1) is 17.0 Å². The average Bonchev–Trinajstić information content (AvgIpc) is 2.82. The van der Waals surface area contributed by atoms with E-state index in [1.165, 1.54) is 26.9 Å². The Morgan fingerprint density at radius 1 is 1.05 bits per heavy atom. The van der Waals surface area contributed by atoms with Crippen molar-refractivity contribution in [1.82, 2.24) is 0 Å². The molecular formula is C16H16Br2NS+. The van der Waals surface area contributed by atoms with Gasteiger partial charge in [-0.25, -0.2) is 0 Å². The summed E-state index contributed by atoms with van der Waals surface area (Å²) in [7, 11) is 0. The molecule has 0 atom stereocenters. The fourth-order valence-electron chi connectivity index (χ4n) is 2.18. The molecule has 20 heavy (non-hydrogen) atoms. The lowest BCUT2D eigenvalue weighted by Crippen LogP contribution is -2.31. The second kappa shape index (κ2) is 6.83. The van der Waals surface area contributed by atoms with Crippen LogP contribution in [0.2, 0.25) is 0 Å². The molecule has 0 aliphatic rings. The molecule has 0 fully saturated rings. The Morgan fingerprint density at radius 2 is 1.75 bits per heavy atom. The molecule has 4 heteroatoms. The Kier molecular flexibility index (Phi) is 5.35. The fraction of sp³-hybridized carbons (Fsp3) is 0.188. The maximum absolute atomic E-state index is 3.48. The van der Waals surface area contributed by atoms with Gasteiger partial charge in [-0.05, 0) is 24.1 Å². The maximum atomic E-state index is 3.48. The molecule has 2 aromatic carbocycles. The van der Waals surface area contributed by atoms with Crippen molar-refractivity contribution in [2.24, 2.45) is 0 Å². The van der Waals surface area contributed by atoms with Crippen molar-refractivity contribution in [3.05, 3.63) is 64.7 Å². The summed E-state index contributed by atoms with van der Waals surface area (Å²) in [5.41, 5.74) is 7.51. The van der Waals surface area contributed by atoms with Gasteiger partial charge in [0, 0.05) is 17.0 Å². The number of thiazole rings is 1. The van der Waals surface area contributed by atoms with Crippen molar-refractivity contribution in [3.63, 3.8) is 0 Å². The standard InChI is InChI=1S/C16H15BrNS.BrH/c1-12-2-7-15-16(8-12)19-11-18(15)10-14-5-3-13(9-17)4-6-14;/h2-8,11H,9-10H2,1H3;1H/q+1;. The van der Waals surface area contributed by atoms with Crippen LogP contribution in [0.25, 0.3) is 10.2 Å². The third kappa shape index (κ3) is 3.30. The minimum Gasteiger partial charge on any atom is -0.184 e. The molecule has 0 spiro atoms. The Morgan fingerprint density at radius 3 is 2.45 bits per heavy atom. The van der Waals surface area contributed by atoms with Crippen LogP contribution in [-0.4, -0.2) is 0 Å². The van der Waals surface area contributed by atoms with Crippen LogP contribution in [0, 0.1) is 6.92 Å². The number of halogens is 2. The van der Waals surface area contributed by atoms with Crippen molar-refractivity contribution in [3.8, 4) is 0 Å². The van der Waals surface area contributed by atoms with Gasteiger partial charge in [-0.3, -0.25) is 0 Å². The van der Waals surface area contributed by atoms with Gasteiger partial charge in [0.2, 0.25) is 11.0 Å². The molecule has 3 rings (SSSR count). The first-order chi connectivity index (χ1) is 9.26. The van der Waals surface area contributed by atoms with E-state index in [2.05, 4.69) is 75.4 Å². The van der Waals surface area contributed by atoms with Crippen LogP contribution < -0.4 is 4.57 Å². The first kappa shape index (κ1) is 15.7. The number of aryl methyl sites for hydroxylation is 1. The van der Waals surface area contributed by atoms with E-state index in [4.69, 9.17) is 0 Å². The number of aromatic nitrogens is 1. The van der Waals surface area contributed by atoms with E-state index in [0.29, 0.717) is 0 Å². The molecule has 0 amide bonds. The van der Waals surface area contributed by atoms with E-state index in [1.807, 2.05) is 11.3 Å². The van der Waals surface area contributed by atoms with Crippen LogP contribution in [0.5, 0.6) is 0 Å². The lowest BCUT2D eigenvalue weighted by molar-refractivity contribution is -0.658. The quantitative estimate of drug-likeness (QED) is 0.419. The number of nitrogens with zero attached hydrogens (tertiary/aromatic N) is 1. The molecule has 104 valence electrons. The van der Waals surface area contributed by atoms with E-state index in [0.717, 1.165) is 11.9 Å². The van der Waals surface area contributed by atoms with Gasteiger partial charge in [0.25, 0.3) is 0 Å². The highest BCUT2D eigenvalue weighted by Gasteiger charge is 2.12. The third-order valence-corrected chi connectivity index (χ3v) is 4.85. The predicted octanol–water partition coefficient (Wildman–Crippen LogP) is 5.02. The van der Waals surface area contributed by atoms with Crippen LogP contribution in [-0.2, 0) is 11.9 Å². The summed E-state index contributed by atoms with van der Waals surface area (Å²) in [5, 5.41) is 0.918. The summed E-state index contributed by atoms with van der Waals surface area (Å²) < 4.78 is 3.68. The van der Waals surface area contributed by atoms with Crippen LogP contribution >= 0.6 is 44.2 Å².